The second-order valence-electron chi connectivity index (χ2n) is 7.51. The van der Waals surface area contributed by atoms with Gasteiger partial charge in [0.1, 0.15) is 11.6 Å². The van der Waals surface area contributed by atoms with Crippen LogP contribution in [0.5, 0.6) is 0 Å². The molecule has 1 amide bonds. The van der Waals surface area contributed by atoms with Crippen molar-refractivity contribution in [2.75, 3.05) is 20.2 Å². The van der Waals surface area contributed by atoms with E-state index < -0.39 is 17.6 Å². The smallest absolute Gasteiger partial charge is 0.336 e. The van der Waals surface area contributed by atoms with E-state index >= 15 is 0 Å². The molecule has 1 aliphatic rings. The Morgan fingerprint density at radius 1 is 1.32 bits per heavy atom. The van der Waals surface area contributed by atoms with E-state index in [0.29, 0.717) is 31.1 Å². The Balaban J connectivity index is 2.02. The molecule has 150 valence electrons. The van der Waals surface area contributed by atoms with Crippen molar-refractivity contribution >= 4 is 22.8 Å². The summed E-state index contributed by atoms with van der Waals surface area (Å²) >= 11 is 0. The van der Waals surface area contributed by atoms with E-state index in [-0.39, 0.29) is 12.3 Å². The Morgan fingerprint density at radius 2 is 2.07 bits per heavy atom. The average Bonchev–Trinajstić information content (AvgIpc) is 2.63. The summed E-state index contributed by atoms with van der Waals surface area (Å²) < 4.78 is 10.1. The standard InChI is InChI=1S/C21H26N2O5/c1-12(2)15-9-16-14(8-20(25)28-18(16)7-13(15)3)11-23-6-5-22-21(26)17(23)10-19(24)27-4/h7-9,12,17H,5-6,10-11H2,1-4H3,(H,22,26)/t17-/m0/s1. The molecule has 0 radical (unpaired) electrons. The predicted octanol–water partition coefficient (Wildman–Crippen LogP) is 2.09. The van der Waals surface area contributed by atoms with Crippen LogP contribution in [0.2, 0.25) is 0 Å². The highest BCUT2D eigenvalue weighted by Gasteiger charge is 2.32. The fourth-order valence-corrected chi connectivity index (χ4v) is 3.78. The third-order valence-corrected chi connectivity index (χ3v) is 5.24. The lowest BCUT2D eigenvalue weighted by Gasteiger charge is -2.34. The molecule has 1 saturated heterocycles. The molecule has 1 atom stereocenters. The molecule has 1 aromatic heterocycles. The second kappa shape index (κ2) is 8.14. The number of nitrogens with one attached hydrogen (secondary N) is 1. The molecule has 0 saturated carbocycles. The summed E-state index contributed by atoms with van der Waals surface area (Å²) in [5.74, 6) is -0.318. The third-order valence-electron chi connectivity index (χ3n) is 5.24. The zero-order chi connectivity index (χ0) is 20.4. The quantitative estimate of drug-likeness (QED) is 0.625. The number of nitrogens with zero attached hydrogens (tertiary/aromatic N) is 1. The van der Waals surface area contributed by atoms with Gasteiger partial charge in [-0.3, -0.25) is 14.5 Å². The van der Waals surface area contributed by atoms with Crippen molar-refractivity contribution in [1.82, 2.24) is 10.2 Å². The molecule has 1 aliphatic heterocycles. The maximum Gasteiger partial charge on any atom is 0.336 e. The van der Waals surface area contributed by atoms with Gasteiger partial charge in [-0.15, -0.1) is 0 Å². The number of carbonyl (C=O) groups excluding carboxylic acids is 2. The second-order valence-corrected chi connectivity index (χ2v) is 7.51. The number of hydrogen-bond acceptors (Lipinski definition) is 6. The maximum atomic E-state index is 12.3. The highest BCUT2D eigenvalue weighted by molar-refractivity contribution is 5.87. The Hall–Kier alpha value is -2.67. The van der Waals surface area contributed by atoms with Crippen LogP contribution in [0.3, 0.4) is 0 Å². The first-order chi connectivity index (χ1) is 13.3. The summed E-state index contributed by atoms with van der Waals surface area (Å²) in [7, 11) is 1.30. The largest absolute Gasteiger partial charge is 0.469 e. The monoisotopic (exact) mass is 386 g/mol. The number of amides is 1. The van der Waals surface area contributed by atoms with Gasteiger partial charge in [-0.25, -0.2) is 4.79 Å². The zero-order valence-electron chi connectivity index (χ0n) is 16.7. The lowest BCUT2D eigenvalue weighted by Crippen LogP contribution is -2.55. The number of ether oxygens (including phenoxy) is 1. The summed E-state index contributed by atoms with van der Waals surface area (Å²) in [4.78, 5) is 38.1. The number of carbonyl (C=O) groups is 2. The van der Waals surface area contributed by atoms with Crippen molar-refractivity contribution in [3.05, 3.63) is 45.3 Å². The van der Waals surface area contributed by atoms with Crippen LogP contribution in [0.15, 0.2) is 27.4 Å². The van der Waals surface area contributed by atoms with E-state index in [1.54, 1.807) is 0 Å². The van der Waals surface area contributed by atoms with E-state index in [4.69, 9.17) is 9.15 Å². The van der Waals surface area contributed by atoms with E-state index in [0.717, 1.165) is 16.5 Å². The average molecular weight is 386 g/mol. The number of aryl methyl sites for hydroxylation is 1. The van der Waals surface area contributed by atoms with Gasteiger partial charge in [-0.1, -0.05) is 13.8 Å². The molecule has 2 heterocycles. The number of fused-ring (bicyclic) bond motifs is 1. The lowest BCUT2D eigenvalue weighted by atomic mass is 9.94. The maximum absolute atomic E-state index is 12.3. The minimum absolute atomic E-state index is 0.0297. The van der Waals surface area contributed by atoms with Gasteiger partial charge < -0.3 is 14.5 Å². The fourth-order valence-electron chi connectivity index (χ4n) is 3.78. The highest BCUT2D eigenvalue weighted by atomic mass is 16.5. The number of rotatable bonds is 5. The molecule has 3 rings (SSSR count). The van der Waals surface area contributed by atoms with Crippen LogP contribution < -0.4 is 10.9 Å². The molecule has 2 aromatic rings. The van der Waals surface area contributed by atoms with Gasteiger partial charge >= 0.3 is 11.6 Å². The van der Waals surface area contributed by atoms with Crippen molar-refractivity contribution in [2.45, 2.75) is 45.7 Å². The molecular formula is C21H26N2O5. The van der Waals surface area contributed by atoms with Crippen LogP contribution in [0.4, 0.5) is 0 Å². The van der Waals surface area contributed by atoms with Gasteiger partial charge in [-0.05, 0) is 41.7 Å². The molecule has 7 heteroatoms. The molecule has 0 unspecified atom stereocenters. The van der Waals surface area contributed by atoms with Gasteiger partial charge in [0, 0.05) is 31.1 Å². The molecule has 28 heavy (non-hydrogen) atoms. The number of esters is 1. The van der Waals surface area contributed by atoms with Crippen molar-refractivity contribution in [3.8, 4) is 0 Å². The first kappa shape index (κ1) is 20.1. The van der Waals surface area contributed by atoms with Gasteiger partial charge in [0.2, 0.25) is 5.91 Å². The van der Waals surface area contributed by atoms with Crippen LogP contribution in [0, 0.1) is 6.92 Å². The number of methoxy groups -OCH3 is 1. The normalized spacial score (nSPS) is 17.8. The Bertz CT molecular complexity index is 963. The van der Waals surface area contributed by atoms with E-state index in [1.165, 1.54) is 18.7 Å². The topological polar surface area (TPSA) is 88.9 Å². The van der Waals surface area contributed by atoms with Gasteiger partial charge in [0.05, 0.1) is 13.5 Å². The van der Waals surface area contributed by atoms with E-state index in [1.807, 2.05) is 17.9 Å². The van der Waals surface area contributed by atoms with Gasteiger partial charge in [-0.2, -0.15) is 0 Å². The van der Waals surface area contributed by atoms with Gasteiger partial charge in [0.25, 0.3) is 0 Å². The van der Waals surface area contributed by atoms with Crippen molar-refractivity contribution in [1.29, 1.82) is 0 Å². The number of hydrogen-bond donors (Lipinski definition) is 1. The number of piperazine rings is 1. The van der Waals surface area contributed by atoms with Crippen LogP contribution >= 0.6 is 0 Å². The number of benzene rings is 1. The Morgan fingerprint density at radius 3 is 2.75 bits per heavy atom. The van der Waals surface area contributed by atoms with Crippen LogP contribution in [0.1, 0.15) is 42.9 Å². The van der Waals surface area contributed by atoms with E-state index in [2.05, 4.69) is 25.2 Å². The Labute approximate surface area is 163 Å². The van der Waals surface area contributed by atoms with Gasteiger partial charge in [0.15, 0.2) is 0 Å². The molecule has 0 spiro atoms. The zero-order valence-corrected chi connectivity index (χ0v) is 16.7. The van der Waals surface area contributed by atoms with Crippen molar-refractivity contribution < 1.29 is 18.7 Å². The Kier molecular flexibility index (Phi) is 5.84. The van der Waals surface area contributed by atoms with Crippen molar-refractivity contribution in [2.24, 2.45) is 0 Å². The highest BCUT2D eigenvalue weighted by Crippen LogP contribution is 2.28. The SMILES string of the molecule is COC(=O)C[C@H]1C(=O)NCCN1Cc1cc(=O)oc2cc(C)c(C(C)C)cc12. The van der Waals surface area contributed by atoms with Crippen LogP contribution in [0.25, 0.3) is 11.0 Å². The van der Waals surface area contributed by atoms with Crippen LogP contribution in [-0.2, 0) is 20.9 Å². The van der Waals surface area contributed by atoms with Crippen molar-refractivity contribution in [3.63, 3.8) is 0 Å². The first-order valence-electron chi connectivity index (χ1n) is 9.46. The molecule has 0 bridgehead atoms. The summed E-state index contributed by atoms with van der Waals surface area (Å²) in [5, 5.41) is 3.65. The summed E-state index contributed by atoms with van der Waals surface area (Å²) in [6, 6.07) is 4.81. The lowest BCUT2D eigenvalue weighted by molar-refractivity contribution is -0.146. The molecule has 0 aliphatic carbocycles. The molecule has 1 aromatic carbocycles. The third kappa shape index (κ3) is 4.09. The summed E-state index contributed by atoms with van der Waals surface area (Å²) in [5.41, 5.74) is 3.16. The summed E-state index contributed by atoms with van der Waals surface area (Å²) in [6.45, 7) is 7.69. The predicted molar refractivity (Wildman–Crippen MR) is 105 cm³/mol. The molecule has 7 nitrogen and oxygen atoms in total. The minimum Gasteiger partial charge on any atom is -0.469 e. The van der Waals surface area contributed by atoms with E-state index in [9.17, 15) is 14.4 Å². The van der Waals surface area contributed by atoms with Crippen LogP contribution in [-0.4, -0.2) is 43.0 Å². The minimum atomic E-state index is -0.626. The summed E-state index contributed by atoms with van der Waals surface area (Å²) in [6.07, 6.45) is -0.0297. The first-order valence-corrected chi connectivity index (χ1v) is 9.46. The molecule has 1 fully saturated rings. The molecular weight excluding hydrogens is 360 g/mol. The fraction of sp³-hybridized carbons (Fsp3) is 0.476. The molecule has 1 N–H and O–H groups in total.